The molecule has 1 heterocycles. The molecule has 16 heavy (non-hydrogen) atoms. The van der Waals surface area contributed by atoms with Crippen molar-refractivity contribution in [2.45, 2.75) is 44.9 Å². The van der Waals surface area contributed by atoms with Gasteiger partial charge in [0.15, 0.2) is 8.32 Å². The molecule has 0 aromatic carbocycles. The van der Waals surface area contributed by atoms with Crippen LogP contribution in [0.4, 0.5) is 0 Å². The minimum Gasteiger partial charge on any atom is -0.413 e. The van der Waals surface area contributed by atoms with Gasteiger partial charge in [-0.05, 0) is 23.7 Å². The molecule has 1 aliphatic carbocycles. The Kier molecular flexibility index (Phi) is 2.55. The Morgan fingerprint density at radius 2 is 2.06 bits per heavy atom. The van der Waals surface area contributed by atoms with E-state index in [1.165, 1.54) is 5.57 Å². The van der Waals surface area contributed by atoms with Gasteiger partial charge in [0, 0.05) is 0 Å². The van der Waals surface area contributed by atoms with Crippen LogP contribution in [0.2, 0.25) is 18.1 Å². The van der Waals surface area contributed by atoms with E-state index in [9.17, 15) is 4.79 Å². The van der Waals surface area contributed by atoms with E-state index in [0.29, 0.717) is 12.6 Å². The smallest absolute Gasteiger partial charge is 0.230 e. The molecule has 0 radical (unpaired) electrons. The van der Waals surface area contributed by atoms with E-state index in [4.69, 9.17) is 4.43 Å². The molecule has 1 amide bonds. The lowest BCUT2D eigenvalue weighted by Crippen LogP contribution is -2.63. The van der Waals surface area contributed by atoms with E-state index in [1.54, 1.807) is 0 Å². The van der Waals surface area contributed by atoms with Gasteiger partial charge in [0.25, 0.3) is 0 Å². The minimum atomic E-state index is -1.67. The van der Waals surface area contributed by atoms with Crippen molar-refractivity contribution < 1.29 is 9.22 Å². The second kappa shape index (κ2) is 3.44. The van der Waals surface area contributed by atoms with Crippen molar-refractivity contribution >= 4 is 14.2 Å². The zero-order chi connectivity index (χ0) is 12.1. The summed E-state index contributed by atoms with van der Waals surface area (Å²) in [6, 6.07) is 0.311. The van der Waals surface area contributed by atoms with Crippen molar-refractivity contribution in [1.29, 1.82) is 0 Å². The van der Waals surface area contributed by atoms with Crippen molar-refractivity contribution in [3.63, 3.8) is 0 Å². The van der Waals surface area contributed by atoms with Gasteiger partial charge in [-0.1, -0.05) is 26.8 Å². The third kappa shape index (κ3) is 1.74. The molecule has 0 aromatic rings. The van der Waals surface area contributed by atoms with Crippen LogP contribution in [0, 0.1) is 5.92 Å². The number of hydrogen-bond donors (Lipinski definition) is 1. The summed E-state index contributed by atoms with van der Waals surface area (Å²) in [5.74, 6) is 0.297. The van der Waals surface area contributed by atoms with Gasteiger partial charge in [-0.15, -0.1) is 0 Å². The Hall–Kier alpha value is -0.613. The fraction of sp³-hybridized carbons (Fsp3) is 0.750. The summed E-state index contributed by atoms with van der Waals surface area (Å²) in [6.07, 6.45) is 2.12. The van der Waals surface area contributed by atoms with E-state index in [1.807, 2.05) is 0 Å². The van der Waals surface area contributed by atoms with Crippen molar-refractivity contribution in [3.05, 3.63) is 11.6 Å². The summed E-state index contributed by atoms with van der Waals surface area (Å²) >= 11 is 0. The molecule has 2 aliphatic rings. The Labute approximate surface area is 98.4 Å². The van der Waals surface area contributed by atoms with Gasteiger partial charge in [-0.25, -0.2) is 0 Å². The van der Waals surface area contributed by atoms with Gasteiger partial charge in [-0.2, -0.15) is 0 Å². The number of β-lactam (4-membered cyclic amide) rings is 1. The van der Waals surface area contributed by atoms with E-state index in [0.717, 1.165) is 0 Å². The topological polar surface area (TPSA) is 38.3 Å². The van der Waals surface area contributed by atoms with Crippen LogP contribution in [-0.4, -0.2) is 26.9 Å². The Balaban J connectivity index is 1.89. The highest BCUT2D eigenvalue weighted by Crippen LogP contribution is 2.39. The first-order valence-corrected chi connectivity index (χ1v) is 8.78. The maximum atomic E-state index is 11.2. The molecule has 0 aromatic heterocycles. The van der Waals surface area contributed by atoms with Gasteiger partial charge in [-0.3, -0.25) is 4.79 Å². The molecule has 0 unspecified atom stereocenters. The molecule has 90 valence electrons. The van der Waals surface area contributed by atoms with Crippen LogP contribution in [0.15, 0.2) is 11.6 Å². The fourth-order valence-electron chi connectivity index (χ4n) is 1.78. The lowest BCUT2D eigenvalue weighted by molar-refractivity contribution is -0.133. The first kappa shape index (κ1) is 11.9. The predicted molar refractivity (Wildman–Crippen MR) is 66.7 cm³/mol. The maximum Gasteiger partial charge on any atom is 0.230 e. The summed E-state index contributed by atoms with van der Waals surface area (Å²) in [4.78, 5) is 11.2. The van der Waals surface area contributed by atoms with E-state index in [2.05, 4.69) is 45.3 Å². The van der Waals surface area contributed by atoms with Crippen molar-refractivity contribution in [2.24, 2.45) is 5.92 Å². The van der Waals surface area contributed by atoms with Crippen molar-refractivity contribution in [3.8, 4) is 0 Å². The van der Waals surface area contributed by atoms with E-state index in [-0.39, 0.29) is 16.9 Å². The summed E-state index contributed by atoms with van der Waals surface area (Å²) in [6.45, 7) is 11.8. The molecule has 1 saturated heterocycles. The molecule has 1 aliphatic heterocycles. The predicted octanol–water partition coefficient (Wildman–Crippen LogP) is 2.06. The monoisotopic (exact) mass is 239 g/mol. The molecular weight excluding hydrogens is 218 g/mol. The maximum absolute atomic E-state index is 11.2. The van der Waals surface area contributed by atoms with Crippen molar-refractivity contribution in [2.75, 3.05) is 6.61 Å². The number of nitrogens with one attached hydrogen (secondary N) is 1. The summed E-state index contributed by atoms with van der Waals surface area (Å²) in [7, 11) is -1.67. The lowest BCUT2D eigenvalue weighted by atomic mass is 9.73. The highest BCUT2D eigenvalue weighted by Gasteiger charge is 2.48. The Bertz CT molecular complexity index is 355. The highest BCUT2D eigenvalue weighted by atomic mass is 28.4. The van der Waals surface area contributed by atoms with Crippen LogP contribution in [0.25, 0.3) is 0 Å². The molecule has 4 heteroatoms. The number of carbonyl (C=O) groups is 1. The number of hydrogen-bond acceptors (Lipinski definition) is 2. The van der Waals surface area contributed by atoms with Crippen LogP contribution in [-0.2, 0) is 9.22 Å². The number of fused-ring (bicyclic) bond motifs is 1. The number of amides is 1. The average molecular weight is 239 g/mol. The van der Waals surface area contributed by atoms with Crippen LogP contribution in [0.3, 0.4) is 0 Å². The second-order valence-electron chi connectivity index (χ2n) is 6.30. The van der Waals surface area contributed by atoms with E-state index >= 15 is 0 Å². The minimum absolute atomic E-state index is 0.129. The standard InChI is InChI=1S/C12H21NO2Si/c1-12(2,3)16(4,5)15-7-8-6-9-10(8)11(14)13-9/h6,9-10H,7H2,1-5H3,(H,13,14)/t9-,10+/m1/s1. The summed E-state index contributed by atoms with van der Waals surface area (Å²) < 4.78 is 6.09. The molecular formula is C12H21NO2Si. The zero-order valence-electron chi connectivity index (χ0n) is 10.8. The van der Waals surface area contributed by atoms with Gasteiger partial charge in [0.1, 0.15) is 0 Å². The second-order valence-corrected chi connectivity index (χ2v) is 11.1. The molecule has 2 atom stereocenters. The van der Waals surface area contributed by atoms with Crippen LogP contribution < -0.4 is 5.32 Å². The molecule has 1 fully saturated rings. The largest absolute Gasteiger partial charge is 0.413 e. The average Bonchev–Trinajstić information content (AvgIpc) is 2.08. The van der Waals surface area contributed by atoms with Gasteiger partial charge in [0.2, 0.25) is 5.91 Å². The third-order valence-corrected chi connectivity index (χ3v) is 8.63. The molecule has 1 N–H and O–H groups in total. The Morgan fingerprint density at radius 1 is 1.44 bits per heavy atom. The third-order valence-electron chi connectivity index (χ3n) is 4.15. The molecule has 0 saturated carbocycles. The zero-order valence-corrected chi connectivity index (χ0v) is 11.8. The number of carbonyl (C=O) groups excluding carboxylic acids is 1. The first-order chi connectivity index (χ1) is 7.22. The van der Waals surface area contributed by atoms with Crippen LogP contribution >= 0.6 is 0 Å². The summed E-state index contributed by atoms with van der Waals surface area (Å²) in [5.41, 5.74) is 1.18. The van der Waals surface area contributed by atoms with Crippen LogP contribution in [0.1, 0.15) is 20.8 Å². The highest BCUT2D eigenvalue weighted by molar-refractivity contribution is 6.74. The number of rotatable bonds is 3. The molecule has 2 rings (SSSR count). The first-order valence-electron chi connectivity index (χ1n) is 5.87. The van der Waals surface area contributed by atoms with Gasteiger partial charge in [0.05, 0.1) is 18.6 Å². The van der Waals surface area contributed by atoms with Crippen LogP contribution in [0.5, 0.6) is 0 Å². The summed E-state index contributed by atoms with van der Waals surface area (Å²) in [5, 5.41) is 3.07. The van der Waals surface area contributed by atoms with Gasteiger partial charge >= 0.3 is 0 Å². The normalized spacial score (nSPS) is 28.6. The quantitative estimate of drug-likeness (QED) is 0.465. The van der Waals surface area contributed by atoms with Crippen molar-refractivity contribution in [1.82, 2.24) is 5.32 Å². The fourth-order valence-corrected chi connectivity index (χ4v) is 2.74. The SMILES string of the molecule is CC(C)(C)[Si](C)(C)OCC1=C[C@H]2NC(=O)[C@@H]12. The Morgan fingerprint density at radius 3 is 2.50 bits per heavy atom. The van der Waals surface area contributed by atoms with Gasteiger partial charge < -0.3 is 9.74 Å². The van der Waals surface area contributed by atoms with E-state index < -0.39 is 8.32 Å². The molecule has 0 bridgehead atoms. The molecule has 3 nitrogen and oxygen atoms in total. The molecule has 0 spiro atoms. The lowest BCUT2D eigenvalue weighted by Gasteiger charge is -2.46.